The van der Waals surface area contributed by atoms with Gasteiger partial charge in [-0.05, 0) is 54.1 Å². The summed E-state index contributed by atoms with van der Waals surface area (Å²) in [6.45, 7) is -1.04. The van der Waals surface area contributed by atoms with Crippen molar-refractivity contribution in [2.45, 2.75) is 24.5 Å². The Morgan fingerprint density at radius 2 is 1.55 bits per heavy atom. The third-order valence-corrected chi connectivity index (χ3v) is 5.60. The lowest BCUT2D eigenvalue weighted by molar-refractivity contribution is -0.202. The number of aliphatic hydroxyl groups is 1. The fourth-order valence-electron chi connectivity index (χ4n) is 3.74. The Labute approximate surface area is 212 Å². The molecule has 2 atom stereocenters. The van der Waals surface area contributed by atoms with Crippen LogP contribution in [0.1, 0.15) is 22.7 Å². The van der Waals surface area contributed by atoms with Crippen LogP contribution in [-0.2, 0) is 6.18 Å². The molecular formula is C27H20F7NO3. The number of rotatable bonds is 8. The number of alkyl halides is 6. The van der Waals surface area contributed by atoms with Crippen LogP contribution in [0, 0.1) is 5.82 Å². The second-order valence-corrected chi connectivity index (χ2v) is 8.31. The molecule has 1 heterocycles. The van der Waals surface area contributed by atoms with Gasteiger partial charge in [0.05, 0.1) is 17.9 Å². The molecule has 0 aliphatic heterocycles. The standard InChI is InChI=1S/C27H20F7NO3/c28-22-14-18(26(29,30)31)9-10-21(22)25(35-15-24(36)27(32,33)34)17-5-2-7-20(13-17)38-19-6-1-4-16(12-19)23-8-3-11-37-23/h1-14,24-25,35-36H,15H2. The number of furan rings is 1. The zero-order valence-corrected chi connectivity index (χ0v) is 19.4. The van der Waals surface area contributed by atoms with Crippen LogP contribution >= 0.6 is 0 Å². The molecule has 38 heavy (non-hydrogen) atoms. The van der Waals surface area contributed by atoms with Crippen molar-refractivity contribution in [1.82, 2.24) is 5.32 Å². The number of nitrogens with one attached hydrogen (secondary N) is 1. The monoisotopic (exact) mass is 539 g/mol. The molecule has 0 radical (unpaired) electrons. The van der Waals surface area contributed by atoms with Crippen LogP contribution in [0.3, 0.4) is 0 Å². The van der Waals surface area contributed by atoms with Crippen molar-refractivity contribution in [3.8, 4) is 22.8 Å². The third-order valence-electron chi connectivity index (χ3n) is 5.60. The third kappa shape index (κ3) is 6.53. The van der Waals surface area contributed by atoms with Gasteiger partial charge < -0.3 is 19.6 Å². The Balaban J connectivity index is 1.65. The van der Waals surface area contributed by atoms with Crippen molar-refractivity contribution in [3.63, 3.8) is 0 Å². The number of aliphatic hydroxyl groups excluding tert-OH is 1. The van der Waals surface area contributed by atoms with Crippen molar-refractivity contribution in [1.29, 1.82) is 0 Å². The van der Waals surface area contributed by atoms with Crippen molar-refractivity contribution in [2.24, 2.45) is 0 Å². The van der Waals surface area contributed by atoms with Gasteiger partial charge in [-0.15, -0.1) is 0 Å². The molecule has 0 bridgehead atoms. The summed E-state index contributed by atoms with van der Waals surface area (Å²) >= 11 is 0. The van der Waals surface area contributed by atoms with E-state index in [0.717, 1.165) is 11.6 Å². The minimum atomic E-state index is -4.96. The zero-order chi connectivity index (χ0) is 27.5. The topological polar surface area (TPSA) is 54.6 Å². The fraction of sp³-hybridized carbons (Fsp3) is 0.185. The Hall–Kier alpha value is -3.83. The maximum Gasteiger partial charge on any atom is 0.416 e. The van der Waals surface area contributed by atoms with Crippen LogP contribution in [0.4, 0.5) is 30.7 Å². The molecule has 0 spiro atoms. The van der Waals surface area contributed by atoms with Gasteiger partial charge >= 0.3 is 12.4 Å². The first kappa shape index (κ1) is 27.2. The maximum absolute atomic E-state index is 14.8. The molecule has 200 valence electrons. The maximum atomic E-state index is 14.8. The highest BCUT2D eigenvalue weighted by molar-refractivity contribution is 5.59. The Kier molecular flexibility index (Phi) is 7.79. The molecular weight excluding hydrogens is 519 g/mol. The van der Waals surface area contributed by atoms with E-state index in [2.05, 4.69) is 5.32 Å². The van der Waals surface area contributed by atoms with E-state index in [1.165, 1.54) is 24.5 Å². The molecule has 0 saturated heterocycles. The van der Waals surface area contributed by atoms with E-state index in [9.17, 15) is 35.8 Å². The van der Waals surface area contributed by atoms with Gasteiger partial charge in [0.25, 0.3) is 0 Å². The van der Waals surface area contributed by atoms with E-state index in [1.807, 2.05) is 0 Å². The number of benzene rings is 3. The highest BCUT2D eigenvalue weighted by atomic mass is 19.4. The van der Waals surface area contributed by atoms with Crippen LogP contribution in [0.2, 0.25) is 0 Å². The molecule has 2 unspecified atom stereocenters. The van der Waals surface area contributed by atoms with Crippen molar-refractivity contribution >= 4 is 0 Å². The average molecular weight is 539 g/mol. The van der Waals surface area contributed by atoms with E-state index in [0.29, 0.717) is 17.6 Å². The van der Waals surface area contributed by atoms with E-state index in [1.54, 1.807) is 42.5 Å². The van der Waals surface area contributed by atoms with Crippen molar-refractivity contribution in [2.75, 3.05) is 6.54 Å². The van der Waals surface area contributed by atoms with Crippen molar-refractivity contribution in [3.05, 3.63) is 108 Å². The summed E-state index contributed by atoms with van der Waals surface area (Å²) in [6.07, 6.45) is -11.0. The number of halogens is 7. The van der Waals surface area contributed by atoms with Gasteiger partial charge in [0.2, 0.25) is 0 Å². The highest BCUT2D eigenvalue weighted by Crippen LogP contribution is 2.35. The Morgan fingerprint density at radius 1 is 0.842 bits per heavy atom. The van der Waals surface area contributed by atoms with E-state index in [4.69, 9.17) is 9.15 Å². The van der Waals surface area contributed by atoms with Gasteiger partial charge in [0, 0.05) is 17.7 Å². The predicted octanol–water partition coefficient (Wildman–Crippen LogP) is 7.50. The summed E-state index contributed by atoms with van der Waals surface area (Å²) < 4.78 is 104. The van der Waals surface area contributed by atoms with Crippen LogP contribution in [0.5, 0.6) is 11.5 Å². The number of hydrogen-bond acceptors (Lipinski definition) is 4. The van der Waals surface area contributed by atoms with Gasteiger partial charge in [-0.25, -0.2) is 4.39 Å². The molecule has 4 rings (SSSR count). The van der Waals surface area contributed by atoms with Crippen LogP contribution in [0.15, 0.2) is 89.5 Å². The second-order valence-electron chi connectivity index (χ2n) is 8.31. The summed E-state index contributed by atoms with van der Waals surface area (Å²) in [5.74, 6) is -0.0610. The van der Waals surface area contributed by atoms with E-state index < -0.39 is 42.4 Å². The van der Waals surface area contributed by atoms with Crippen molar-refractivity contribution < 1.29 is 45.0 Å². The fourth-order valence-corrected chi connectivity index (χ4v) is 3.74. The molecule has 0 saturated carbocycles. The van der Waals surface area contributed by atoms with Gasteiger partial charge in [-0.3, -0.25) is 0 Å². The zero-order valence-electron chi connectivity index (χ0n) is 19.4. The molecule has 1 aromatic heterocycles. The largest absolute Gasteiger partial charge is 0.464 e. The molecule has 3 aromatic carbocycles. The summed E-state index contributed by atoms with van der Waals surface area (Å²) in [4.78, 5) is 0. The Bertz CT molecular complexity index is 1370. The summed E-state index contributed by atoms with van der Waals surface area (Å²) in [6, 6.07) is 16.6. The lowest BCUT2D eigenvalue weighted by Gasteiger charge is -2.24. The normalized spacial score (nSPS) is 13.8. The summed E-state index contributed by atoms with van der Waals surface area (Å²) in [5.41, 5.74) is -0.681. The number of ether oxygens (including phenoxy) is 1. The van der Waals surface area contributed by atoms with Gasteiger partial charge in [-0.1, -0.05) is 30.3 Å². The molecule has 11 heteroatoms. The van der Waals surface area contributed by atoms with E-state index >= 15 is 0 Å². The predicted molar refractivity (Wildman–Crippen MR) is 124 cm³/mol. The molecule has 0 aliphatic carbocycles. The first-order valence-electron chi connectivity index (χ1n) is 11.2. The summed E-state index contributed by atoms with van der Waals surface area (Å²) in [7, 11) is 0. The van der Waals surface area contributed by atoms with E-state index in [-0.39, 0.29) is 22.9 Å². The molecule has 2 N–H and O–H groups in total. The van der Waals surface area contributed by atoms with Gasteiger partial charge in [-0.2, -0.15) is 26.3 Å². The van der Waals surface area contributed by atoms with Crippen LogP contribution < -0.4 is 10.1 Å². The second kappa shape index (κ2) is 10.9. The molecule has 4 aromatic rings. The minimum absolute atomic E-state index is 0.192. The van der Waals surface area contributed by atoms with Crippen LogP contribution in [-0.4, -0.2) is 23.9 Å². The number of hydrogen-bond donors (Lipinski definition) is 2. The van der Waals surface area contributed by atoms with Gasteiger partial charge in [0.15, 0.2) is 6.10 Å². The van der Waals surface area contributed by atoms with Crippen LogP contribution in [0.25, 0.3) is 11.3 Å². The molecule has 4 nitrogen and oxygen atoms in total. The molecule has 0 aliphatic rings. The summed E-state index contributed by atoms with van der Waals surface area (Å²) in [5, 5.41) is 11.9. The van der Waals surface area contributed by atoms with Gasteiger partial charge in [0.1, 0.15) is 23.1 Å². The smallest absolute Gasteiger partial charge is 0.416 e. The SMILES string of the molecule is OC(CNC(c1cccc(Oc2cccc(-c3ccco3)c2)c1)c1ccc(C(F)(F)F)cc1F)C(F)(F)F. The lowest BCUT2D eigenvalue weighted by Crippen LogP contribution is -2.40. The highest BCUT2D eigenvalue weighted by Gasteiger charge is 2.38. The quantitative estimate of drug-likeness (QED) is 0.228. The minimum Gasteiger partial charge on any atom is -0.464 e. The first-order valence-corrected chi connectivity index (χ1v) is 11.2. The first-order chi connectivity index (χ1) is 17.9. The molecule has 0 amide bonds. The average Bonchev–Trinajstić information content (AvgIpc) is 3.39. The molecule has 0 fully saturated rings. The Morgan fingerprint density at radius 3 is 2.18 bits per heavy atom. The lowest BCUT2D eigenvalue weighted by atomic mass is 9.96.